The number of esters is 1. The van der Waals surface area contributed by atoms with E-state index >= 15 is 0 Å². The van der Waals surface area contributed by atoms with Crippen LogP contribution in [0.4, 0.5) is 0 Å². The number of nitrogens with zero attached hydrogens (tertiary/aromatic N) is 3. The second-order valence-corrected chi connectivity index (χ2v) is 15.3. The number of hydrogen-bond donors (Lipinski definition) is 1. The number of halogens is 2. The van der Waals surface area contributed by atoms with Gasteiger partial charge in [0.1, 0.15) is 23.1 Å². The smallest absolute Gasteiger partial charge is 0.336 e. The van der Waals surface area contributed by atoms with Crippen LogP contribution in [0.3, 0.4) is 0 Å². The van der Waals surface area contributed by atoms with Gasteiger partial charge in [-0.25, -0.2) is 9.59 Å². The molecule has 0 bridgehead atoms. The molecule has 0 aliphatic heterocycles. The lowest BCUT2D eigenvalue weighted by Gasteiger charge is -2.18. The second kappa shape index (κ2) is 17.0. The maximum absolute atomic E-state index is 12.9. The number of ether oxygens (including phenoxy) is 1. The Bertz CT molecular complexity index is 2630. The van der Waals surface area contributed by atoms with Crippen molar-refractivity contribution in [2.45, 2.75) is 59.9 Å². The summed E-state index contributed by atoms with van der Waals surface area (Å²) in [5.74, 6) is 0.981. The highest BCUT2D eigenvalue weighted by molar-refractivity contribution is 6.34. The number of carbonyl (C=O) groups excluding carboxylic acids is 1. The Morgan fingerprint density at radius 3 is 2.32 bits per heavy atom. The molecule has 1 N–H and O–H groups in total. The van der Waals surface area contributed by atoms with Crippen LogP contribution in [0.1, 0.15) is 56.6 Å². The zero-order valence-electron chi connectivity index (χ0n) is 32.8. The highest BCUT2D eigenvalue weighted by Gasteiger charge is 2.23. The Kier molecular flexibility index (Phi) is 11.8. The van der Waals surface area contributed by atoms with Crippen molar-refractivity contribution in [2.24, 2.45) is 0 Å². The molecule has 4 aromatic carbocycles. The van der Waals surface area contributed by atoms with Gasteiger partial charge in [0.25, 0.3) is 0 Å². The van der Waals surface area contributed by atoms with Crippen molar-refractivity contribution in [3.8, 4) is 22.5 Å². The van der Waals surface area contributed by atoms with Gasteiger partial charge >= 0.3 is 11.6 Å². The molecule has 57 heavy (non-hydrogen) atoms. The molecule has 0 amide bonds. The van der Waals surface area contributed by atoms with E-state index in [-0.39, 0.29) is 5.63 Å². The molecule has 1 atom stereocenters. The molecule has 0 saturated heterocycles. The van der Waals surface area contributed by atoms with Crippen molar-refractivity contribution in [3.63, 3.8) is 0 Å². The Balaban J connectivity index is 1.04. The van der Waals surface area contributed by atoms with E-state index in [0.717, 1.165) is 66.8 Å². The maximum atomic E-state index is 12.9. The van der Waals surface area contributed by atoms with Crippen LogP contribution in [0.5, 0.6) is 0 Å². The first-order valence-electron chi connectivity index (χ1n) is 18.7. The van der Waals surface area contributed by atoms with E-state index in [0.29, 0.717) is 53.3 Å². The third kappa shape index (κ3) is 8.77. The summed E-state index contributed by atoms with van der Waals surface area (Å²) in [4.78, 5) is 27.5. The fourth-order valence-corrected chi connectivity index (χ4v) is 7.61. The van der Waals surface area contributed by atoms with Gasteiger partial charge < -0.3 is 13.6 Å². The first-order valence-corrected chi connectivity index (χ1v) is 19.4. The van der Waals surface area contributed by atoms with Gasteiger partial charge in [0.2, 0.25) is 0 Å². The molecule has 0 fully saturated rings. The zero-order valence-corrected chi connectivity index (χ0v) is 34.3. The van der Waals surface area contributed by atoms with Crippen molar-refractivity contribution in [3.05, 3.63) is 168 Å². The molecule has 0 radical (unpaired) electrons. The minimum atomic E-state index is -0.714. The molecule has 0 aliphatic rings. The number of aryl methyl sites for hydroxylation is 3. The molecule has 7 rings (SSSR count). The summed E-state index contributed by atoms with van der Waals surface area (Å²) in [6.45, 7) is 10.2. The maximum Gasteiger partial charge on any atom is 0.336 e. The molecule has 0 spiro atoms. The number of methoxy groups -OCH3 is 1. The minimum Gasteiger partial charge on any atom is -0.468 e. The zero-order chi connectivity index (χ0) is 40.4. The molecule has 0 aliphatic carbocycles. The summed E-state index contributed by atoms with van der Waals surface area (Å²) in [6, 6.07) is 29.9. The van der Waals surface area contributed by atoms with Crippen LogP contribution in [-0.2, 0) is 35.7 Å². The van der Waals surface area contributed by atoms with Gasteiger partial charge in [0, 0.05) is 51.9 Å². The van der Waals surface area contributed by atoms with Crippen molar-refractivity contribution in [1.82, 2.24) is 20.0 Å². The third-order valence-corrected chi connectivity index (χ3v) is 11.2. The van der Waals surface area contributed by atoms with Crippen LogP contribution in [0.15, 0.2) is 111 Å². The summed E-state index contributed by atoms with van der Waals surface area (Å²) in [5, 5.41) is 10.4. The van der Waals surface area contributed by atoms with Crippen LogP contribution in [0, 0.1) is 27.7 Å². The largest absolute Gasteiger partial charge is 0.468 e. The lowest BCUT2D eigenvalue weighted by molar-refractivity contribution is -0.143. The van der Waals surface area contributed by atoms with Crippen LogP contribution < -0.4 is 10.9 Å². The van der Waals surface area contributed by atoms with E-state index in [1.807, 2.05) is 111 Å². The third-order valence-electron chi connectivity index (χ3n) is 10.5. The molecule has 0 saturated carbocycles. The monoisotopic (exact) mass is 802 g/mol. The van der Waals surface area contributed by atoms with E-state index in [1.54, 1.807) is 6.07 Å². The minimum absolute atomic E-state index is 0.315. The van der Waals surface area contributed by atoms with Crippen LogP contribution >= 0.6 is 23.2 Å². The normalized spacial score (nSPS) is 12.1. The van der Waals surface area contributed by atoms with Crippen LogP contribution in [0.2, 0.25) is 10.0 Å². The average molecular weight is 804 g/mol. The number of fused-ring (bicyclic) bond motifs is 1. The Labute approximate surface area is 341 Å². The number of nitrogens with one attached hydrogen (secondary N) is 1. The molecule has 292 valence electrons. The van der Waals surface area contributed by atoms with E-state index in [4.69, 9.17) is 41.9 Å². The summed E-state index contributed by atoms with van der Waals surface area (Å²) < 4.78 is 18.7. The fourth-order valence-electron chi connectivity index (χ4n) is 7.19. The SMILES string of the molecule is COC(=O)C(NCc1ccc(-c2ccc(Cl)cc2)o1)c1ccc(-c2cccc(Cn3nc(C)c(CN(C)Cc4cc(=O)oc5cc(C)c(C)cc45)c3C)c2Cl)cc1. The number of carbonyl (C=O) groups is 1. The number of rotatable bonds is 13. The van der Waals surface area contributed by atoms with Crippen LogP contribution in [-0.4, -0.2) is 34.8 Å². The van der Waals surface area contributed by atoms with E-state index in [2.05, 4.69) is 30.1 Å². The van der Waals surface area contributed by atoms with Crippen LogP contribution in [0.25, 0.3) is 33.4 Å². The van der Waals surface area contributed by atoms with Gasteiger partial charge in [0.05, 0.1) is 30.9 Å². The van der Waals surface area contributed by atoms with Crippen molar-refractivity contribution in [2.75, 3.05) is 14.2 Å². The quantitative estimate of drug-likeness (QED) is 0.0908. The topological polar surface area (TPSA) is 103 Å². The summed E-state index contributed by atoms with van der Waals surface area (Å²) in [7, 11) is 3.42. The van der Waals surface area contributed by atoms with E-state index < -0.39 is 12.0 Å². The fraction of sp³-hybridized carbons (Fsp3) is 0.239. The van der Waals surface area contributed by atoms with Crippen molar-refractivity contribution in [1.29, 1.82) is 0 Å². The molecule has 11 heteroatoms. The first kappa shape index (κ1) is 39.8. The number of hydrogen-bond acceptors (Lipinski definition) is 8. The Morgan fingerprint density at radius 1 is 0.860 bits per heavy atom. The first-order chi connectivity index (χ1) is 27.4. The van der Waals surface area contributed by atoms with Gasteiger partial charge in [-0.05, 0) is 117 Å². The predicted molar refractivity (Wildman–Crippen MR) is 226 cm³/mol. The predicted octanol–water partition coefficient (Wildman–Crippen LogP) is 10.1. The highest BCUT2D eigenvalue weighted by atomic mass is 35.5. The van der Waals surface area contributed by atoms with E-state index in [1.165, 1.54) is 7.11 Å². The van der Waals surface area contributed by atoms with Gasteiger partial charge in [-0.1, -0.05) is 65.7 Å². The molecular formula is C46H44Cl2N4O5. The lowest BCUT2D eigenvalue weighted by Crippen LogP contribution is -2.29. The standard InChI is InChI=1S/C46H44Cl2N4O5/c1-27-20-39-35(22-43(53)57-42(39)21-28(27)2)24-51(5)26-40-29(3)50-52(30(40)4)25-34-8-7-9-38(44(34)48)31-10-12-33(13-11-31)45(46(54)55-6)49-23-37-18-19-41(56-37)32-14-16-36(47)17-15-32/h7-22,45,49H,23-26H2,1-6H3. The Morgan fingerprint density at radius 2 is 1.58 bits per heavy atom. The molecule has 3 aromatic heterocycles. The molecule has 1 unspecified atom stereocenters. The Hall–Kier alpha value is -5.45. The number of aromatic nitrogens is 2. The molecule has 9 nitrogen and oxygen atoms in total. The van der Waals surface area contributed by atoms with Gasteiger partial charge in [-0.2, -0.15) is 5.10 Å². The molecule has 3 heterocycles. The number of benzene rings is 4. The summed E-state index contributed by atoms with van der Waals surface area (Å²) >= 11 is 13.1. The van der Waals surface area contributed by atoms with Crippen molar-refractivity contribution >= 4 is 40.1 Å². The second-order valence-electron chi connectivity index (χ2n) is 14.5. The average Bonchev–Trinajstić information content (AvgIpc) is 3.77. The lowest BCUT2D eigenvalue weighted by atomic mass is 9.99. The van der Waals surface area contributed by atoms with Gasteiger partial charge in [-0.15, -0.1) is 0 Å². The summed E-state index contributed by atoms with van der Waals surface area (Å²) in [5.41, 5.74) is 10.9. The molecule has 7 aromatic rings. The van der Waals surface area contributed by atoms with Gasteiger partial charge in [-0.3, -0.25) is 14.9 Å². The highest BCUT2D eigenvalue weighted by Crippen LogP contribution is 2.33. The van der Waals surface area contributed by atoms with Gasteiger partial charge in [0.15, 0.2) is 0 Å². The van der Waals surface area contributed by atoms with Crippen molar-refractivity contribution < 1.29 is 18.4 Å². The number of furan rings is 1. The summed E-state index contributed by atoms with van der Waals surface area (Å²) in [6.07, 6.45) is 0. The molecular weight excluding hydrogens is 759 g/mol. The van der Waals surface area contributed by atoms with E-state index in [9.17, 15) is 9.59 Å².